The van der Waals surface area contributed by atoms with Crippen molar-refractivity contribution in [2.75, 3.05) is 13.7 Å². The van der Waals surface area contributed by atoms with Crippen LogP contribution in [0.2, 0.25) is 5.02 Å². The first-order valence-electron chi connectivity index (χ1n) is 7.83. The van der Waals surface area contributed by atoms with Crippen molar-refractivity contribution in [1.82, 2.24) is 5.32 Å². The number of benzene rings is 1. The first kappa shape index (κ1) is 15.7. The van der Waals surface area contributed by atoms with Gasteiger partial charge in [0.15, 0.2) is 0 Å². The van der Waals surface area contributed by atoms with Crippen molar-refractivity contribution in [3.8, 4) is 5.75 Å². The third-order valence-corrected chi connectivity index (χ3v) is 4.67. The summed E-state index contributed by atoms with van der Waals surface area (Å²) in [5.41, 5.74) is 1.22. The molecule has 1 N–H and O–H groups in total. The minimum absolute atomic E-state index is 0.372. The highest BCUT2D eigenvalue weighted by Crippen LogP contribution is 2.37. The fourth-order valence-corrected chi connectivity index (χ4v) is 3.57. The van der Waals surface area contributed by atoms with Crippen molar-refractivity contribution in [3.05, 3.63) is 28.8 Å². The molecule has 0 spiro atoms. The highest BCUT2D eigenvalue weighted by atomic mass is 35.5. The van der Waals surface area contributed by atoms with Crippen LogP contribution in [0.15, 0.2) is 18.2 Å². The fourth-order valence-electron chi connectivity index (χ4n) is 3.28. The first-order chi connectivity index (χ1) is 9.76. The van der Waals surface area contributed by atoms with Gasteiger partial charge in [-0.15, -0.1) is 0 Å². The van der Waals surface area contributed by atoms with E-state index in [4.69, 9.17) is 16.3 Å². The van der Waals surface area contributed by atoms with Crippen LogP contribution in [-0.2, 0) is 0 Å². The lowest BCUT2D eigenvalue weighted by atomic mass is 9.87. The molecule has 0 heterocycles. The van der Waals surface area contributed by atoms with E-state index in [9.17, 15) is 0 Å². The summed E-state index contributed by atoms with van der Waals surface area (Å²) in [5.74, 6) is 1.53. The smallest absolute Gasteiger partial charge is 0.120 e. The van der Waals surface area contributed by atoms with Gasteiger partial charge in [-0.05, 0) is 43.0 Å². The predicted molar refractivity (Wildman–Crippen MR) is 85.6 cm³/mol. The molecule has 1 fully saturated rings. The molecule has 1 aliphatic rings. The molecule has 1 atom stereocenters. The van der Waals surface area contributed by atoms with Crippen LogP contribution in [0.5, 0.6) is 5.75 Å². The van der Waals surface area contributed by atoms with Crippen LogP contribution in [0.3, 0.4) is 0 Å². The lowest BCUT2D eigenvalue weighted by molar-refractivity contribution is 0.330. The molecule has 1 aromatic rings. The Morgan fingerprint density at radius 2 is 1.95 bits per heavy atom. The first-order valence-corrected chi connectivity index (χ1v) is 8.21. The van der Waals surface area contributed by atoms with Gasteiger partial charge in [-0.3, -0.25) is 0 Å². The van der Waals surface area contributed by atoms with Gasteiger partial charge in [0.05, 0.1) is 7.11 Å². The van der Waals surface area contributed by atoms with Crippen LogP contribution < -0.4 is 10.1 Å². The molecule has 1 unspecified atom stereocenters. The molecule has 0 radical (unpaired) electrons. The highest BCUT2D eigenvalue weighted by Gasteiger charge is 2.25. The van der Waals surface area contributed by atoms with Crippen molar-refractivity contribution >= 4 is 11.6 Å². The zero-order chi connectivity index (χ0) is 14.4. The van der Waals surface area contributed by atoms with Gasteiger partial charge in [0.2, 0.25) is 0 Å². The summed E-state index contributed by atoms with van der Waals surface area (Å²) < 4.78 is 5.25. The SMILES string of the molecule is CCNC(c1ccc(OC)cc1Cl)C1CCCCCC1. The van der Waals surface area contributed by atoms with Gasteiger partial charge in [0.25, 0.3) is 0 Å². The van der Waals surface area contributed by atoms with E-state index in [1.165, 1.54) is 44.1 Å². The Morgan fingerprint density at radius 1 is 1.25 bits per heavy atom. The minimum atomic E-state index is 0.372. The Bertz CT molecular complexity index is 413. The summed E-state index contributed by atoms with van der Waals surface area (Å²) in [5, 5.41) is 4.47. The van der Waals surface area contributed by atoms with Crippen molar-refractivity contribution in [2.45, 2.75) is 51.5 Å². The zero-order valence-corrected chi connectivity index (χ0v) is 13.4. The van der Waals surface area contributed by atoms with E-state index in [0.29, 0.717) is 12.0 Å². The number of methoxy groups -OCH3 is 1. The van der Waals surface area contributed by atoms with Crippen molar-refractivity contribution in [3.63, 3.8) is 0 Å². The van der Waals surface area contributed by atoms with Crippen molar-refractivity contribution in [1.29, 1.82) is 0 Å². The van der Waals surface area contributed by atoms with E-state index < -0.39 is 0 Å². The molecule has 0 aromatic heterocycles. The van der Waals surface area contributed by atoms with Crippen LogP contribution >= 0.6 is 11.6 Å². The standard InChI is InChI=1S/C17H26ClNO/c1-3-19-17(13-8-6-4-5-7-9-13)15-11-10-14(20-2)12-16(15)18/h10-13,17,19H,3-9H2,1-2H3. The minimum Gasteiger partial charge on any atom is -0.497 e. The number of hydrogen-bond acceptors (Lipinski definition) is 2. The molecule has 1 saturated carbocycles. The summed E-state index contributed by atoms with van der Waals surface area (Å²) in [6.45, 7) is 3.14. The van der Waals surface area contributed by atoms with E-state index in [0.717, 1.165) is 17.3 Å². The average molecular weight is 296 g/mol. The molecular formula is C17H26ClNO. The van der Waals surface area contributed by atoms with Gasteiger partial charge in [-0.1, -0.05) is 50.3 Å². The zero-order valence-electron chi connectivity index (χ0n) is 12.6. The second-order valence-electron chi connectivity index (χ2n) is 5.67. The number of hydrogen-bond donors (Lipinski definition) is 1. The van der Waals surface area contributed by atoms with Crippen LogP contribution in [0.4, 0.5) is 0 Å². The quantitative estimate of drug-likeness (QED) is 0.774. The molecule has 20 heavy (non-hydrogen) atoms. The highest BCUT2D eigenvalue weighted by molar-refractivity contribution is 6.31. The van der Waals surface area contributed by atoms with E-state index in [1.807, 2.05) is 12.1 Å². The molecular weight excluding hydrogens is 270 g/mol. The molecule has 1 aromatic carbocycles. The van der Waals surface area contributed by atoms with Crippen LogP contribution in [-0.4, -0.2) is 13.7 Å². The molecule has 3 heteroatoms. The van der Waals surface area contributed by atoms with Gasteiger partial charge in [-0.25, -0.2) is 0 Å². The van der Waals surface area contributed by atoms with E-state index in [2.05, 4.69) is 18.3 Å². The van der Waals surface area contributed by atoms with Crippen LogP contribution in [0.25, 0.3) is 0 Å². The third-order valence-electron chi connectivity index (χ3n) is 4.34. The summed E-state index contributed by atoms with van der Waals surface area (Å²) in [6, 6.07) is 6.44. The van der Waals surface area contributed by atoms with Crippen LogP contribution in [0, 0.1) is 5.92 Å². The number of halogens is 1. The lowest BCUT2D eigenvalue weighted by Gasteiger charge is -2.28. The normalized spacial score (nSPS) is 18.6. The molecule has 1 aliphatic carbocycles. The number of ether oxygens (including phenoxy) is 1. The maximum Gasteiger partial charge on any atom is 0.120 e. The van der Waals surface area contributed by atoms with Gasteiger partial charge >= 0.3 is 0 Å². The van der Waals surface area contributed by atoms with E-state index in [1.54, 1.807) is 7.11 Å². The number of nitrogens with one attached hydrogen (secondary N) is 1. The topological polar surface area (TPSA) is 21.3 Å². The molecule has 112 valence electrons. The maximum absolute atomic E-state index is 6.48. The Morgan fingerprint density at radius 3 is 2.50 bits per heavy atom. The Kier molecular flexibility index (Phi) is 6.18. The Balaban J connectivity index is 2.22. The van der Waals surface area contributed by atoms with E-state index in [-0.39, 0.29) is 0 Å². The fraction of sp³-hybridized carbons (Fsp3) is 0.647. The third kappa shape index (κ3) is 3.89. The summed E-state index contributed by atoms with van der Waals surface area (Å²) in [6.07, 6.45) is 8.07. The second-order valence-corrected chi connectivity index (χ2v) is 6.08. The summed E-state index contributed by atoms with van der Waals surface area (Å²) >= 11 is 6.48. The molecule has 0 aliphatic heterocycles. The lowest BCUT2D eigenvalue weighted by Crippen LogP contribution is -2.28. The summed E-state index contributed by atoms with van der Waals surface area (Å²) in [7, 11) is 1.68. The molecule has 0 saturated heterocycles. The molecule has 2 nitrogen and oxygen atoms in total. The van der Waals surface area contributed by atoms with Gasteiger partial charge in [0, 0.05) is 11.1 Å². The number of rotatable bonds is 5. The van der Waals surface area contributed by atoms with Crippen LogP contribution in [0.1, 0.15) is 57.1 Å². The monoisotopic (exact) mass is 295 g/mol. The van der Waals surface area contributed by atoms with Crippen molar-refractivity contribution in [2.24, 2.45) is 5.92 Å². The molecule has 0 bridgehead atoms. The predicted octanol–water partition coefficient (Wildman–Crippen LogP) is 4.97. The van der Waals surface area contributed by atoms with Gasteiger partial charge < -0.3 is 10.1 Å². The Labute approximate surface area is 127 Å². The second kappa shape index (κ2) is 7.90. The van der Waals surface area contributed by atoms with Gasteiger partial charge in [0.1, 0.15) is 5.75 Å². The largest absolute Gasteiger partial charge is 0.497 e. The average Bonchev–Trinajstić information content (AvgIpc) is 2.74. The molecule has 0 amide bonds. The molecule has 2 rings (SSSR count). The summed E-state index contributed by atoms with van der Waals surface area (Å²) in [4.78, 5) is 0. The van der Waals surface area contributed by atoms with Crippen molar-refractivity contribution < 1.29 is 4.74 Å². The maximum atomic E-state index is 6.48. The Hall–Kier alpha value is -0.730. The van der Waals surface area contributed by atoms with Gasteiger partial charge in [-0.2, -0.15) is 0 Å². The van der Waals surface area contributed by atoms with E-state index >= 15 is 0 Å².